The van der Waals surface area contributed by atoms with E-state index >= 15 is 0 Å². The molecule has 4 heteroatoms. The number of hydrogen-bond acceptors (Lipinski definition) is 2. The van der Waals surface area contributed by atoms with E-state index in [2.05, 4.69) is 31.4 Å². The first-order valence-electron chi connectivity index (χ1n) is 6.32. The fraction of sp³-hybridized carbons (Fsp3) is 0.571. The van der Waals surface area contributed by atoms with Gasteiger partial charge in [-0.25, -0.2) is 4.39 Å². The van der Waals surface area contributed by atoms with Crippen molar-refractivity contribution in [1.29, 1.82) is 0 Å². The lowest BCUT2D eigenvalue weighted by molar-refractivity contribution is 0.310. The molecular weight excluding hydrogens is 251 g/mol. The van der Waals surface area contributed by atoms with Gasteiger partial charge in [0.25, 0.3) is 0 Å². The zero-order chi connectivity index (χ0) is 13.3. The Labute approximate surface area is 113 Å². The summed E-state index contributed by atoms with van der Waals surface area (Å²) in [5, 5.41) is 6.82. The highest BCUT2D eigenvalue weighted by atomic mass is 35.5. The molecule has 2 N–H and O–H groups in total. The summed E-state index contributed by atoms with van der Waals surface area (Å²) < 4.78 is 13.4. The lowest BCUT2D eigenvalue weighted by Gasteiger charge is -2.25. The zero-order valence-corrected chi connectivity index (χ0v) is 11.9. The van der Waals surface area contributed by atoms with Crippen LogP contribution in [0.1, 0.15) is 27.2 Å². The molecule has 1 aromatic rings. The van der Waals surface area contributed by atoms with E-state index < -0.39 is 0 Å². The van der Waals surface area contributed by atoms with Crippen LogP contribution < -0.4 is 10.6 Å². The Morgan fingerprint density at radius 3 is 2.33 bits per heavy atom. The third-order valence-electron chi connectivity index (χ3n) is 3.12. The van der Waals surface area contributed by atoms with Crippen molar-refractivity contribution in [2.45, 2.75) is 27.2 Å². The predicted molar refractivity (Wildman–Crippen MR) is 76.0 cm³/mol. The smallest absolute Gasteiger partial charge is 0.143 e. The van der Waals surface area contributed by atoms with Crippen molar-refractivity contribution in [2.75, 3.05) is 23.7 Å². The van der Waals surface area contributed by atoms with Gasteiger partial charge >= 0.3 is 0 Å². The highest BCUT2D eigenvalue weighted by Gasteiger charge is 2.22. The van der Waals surface area contributed by atoms with Crippen molar-refractivity contribution in [3.63, 3.8) is 0 Å². The molecule has 1 unspecified atom stereocenters. The molecule has 0 aliphatic carbocycles. The van der Waals surface area contributed by atoms with Gasteiger partial charge in [-0.2, -0.15) is 0 Å². The Morgan fingerprint density at radius 1 is 1.22 bits per heavy atom. The summed E-state index contributed by atoms with van der Waals surface area (Å²) in [5.41, 5.74) is 1.99. The van der Waals surface area contributed by atoms with Gasteiger partial charge in [-0.05, 0) is 23.8 Å². The van der Waals surface area contributed by atoms with Crippen LogP contribution in [0.25, 0.3) is 0 Å². The van der Waals surface area contributed by atoms with Gasteiger partial charge < -0.3 is 10.6 Å². The third kappa shape index (κ3) is 3.29. The number of hydrogen-bond donors (Lipinski definition) is 2. The second-order valence-electron chi connectivity index (χ2n) is 6.20. The summed E-state index contributed by atoms with van der Waals surface area (Å²) in [6, 6.07) is 3.11. The molecule has 1 heterocycles. The summed E-state index contributed by atoms with van der Waals surface area (Å²) in [5.74, 6) is 0.151. The summed E-state index contributed by atoms with van der Waals surface area (Å²) in [4.78, 5) is 0. The Morgan fingerprint density at radius 2 is 1.78 bits per heavy atom. The molecule has 0 saturated heterocycles. The van der Waals surface area contributed by atoms with E-state index in [1.165, 1.54) is 6.07 Å². The summed E-state index contributed by atoms with van der Waals surface area (Å²) in [6.07, 6.45) is 1.12. The molecule has 1 aromatic carbocycles. The number of benzene rings is 1. The minimum Gasteiger partial charge on any atom is -0.383 e. The van der Waals surface area contributed by atoms with Crippen molar-refractivity contribution in [3.8, 4) is 0 Å². The van der Waals surface area contributed by atoms with Crippen LogP contribution in [0, 0.1) is 17.2 Å². The fourth-order valence-corrected chi connectivity index (χ4v) is 2.59. The van der Waals surface area contributed by atoms with E-state index in [9.17, 15) is 4.39 Å². The highest BCUT2D eigenvalue weighted by molar-refractivity contribution is 6.31. The Balaban J connectivity index is 2.12. The molecule has 100 valence electrons. The van der Waals surface area contributed by atoms with Gasteiger partial charge in [0.2, 0.25) is 0 Å². The average molecular weight is 271 g/mol. The standard InChI is InChI=1S/C14H20ClFN2/c1-14(2,3)6-9-7-17-12-4-10(15)11(16)5-13(12)18-8-9/h4-5,9,17-18H,6-8H2,1-3H3. The van der Waals surface area contributed by atoms with Gasteiger partial charge in [0.1, 0.15) is 5.82 Å². The topological polar surface area (TPSA) is 24.1 Å². The molecule has 2 rings (SSSR count). The molecule has 1 aliphatic heterocycles. The normalized spacial score (nSPS) is 19.5. The second-order valence-corrected chi connectivity index (χ2v) is 6.61. The van der Waals surface area contributed by atoms with Crippen LogP contribution in [0.3, 0.4) is 0 Å². The number of fused-ring (bicyclic) bond motifs is 1. The Hall–Kier alpha value is -0.960. The summed E-state index contributed by atoms with van der Waals surface area (Å²) >= 11 is 5.80. The number of rotatable bonds is 1. The zero-order valence-electron chi connectivity index (χ0n) is 11.1. The van der Waals surface area contributed by atoms with E-state index in [4.69, 9.17) is 11.6 Å². The van der Waals surface area contributed by atoms with E-state index in [1.807, 2.05) is 0 Å². The maximum absolute atomic E-state index is 13.4. The van der Waals surface area contributed by atoms with Crippen LogP contribution in [0.5, 0.6) is 0 Å². The molecule has 0 spiro atoms. The van der Waals surface area contributed by atoms with E-state index in [0.717, 1.165) is 30.9 Å². The molecule has 2 nitrogen and oxygen atoms in total. The van der Waals surface area contributed by atoms with Gasteiger partial charge in [0.05, 0.1) is 16.4 Å². The summed E-state index contributed by atoms with van der Waals surface area (Å²) in [6.45, 7) is 8.46. The molecular formula is C14H20ClFN2. The van der Waals surface area contributed by atoms with Crippen LogP contribution >= 0.6 is 11.6 Å². The largest absolute Gasteiger partial charge is 0.383 e. The van der Waals surface area contributed by atoms with Crippen molar-refractivity contribution in [1.82, 2.24) is 0 Å². The summed E-state index contributed by atoms with van der Waals surface area (Å²) in [7, 11) is 0. The van der Waals surface area contributed by atoms with E-state index in [0.29, 0.717) is 11.3 Å². The third-order valence-corrected chi connectivity index (χ3v) is 3.41. The van der Waals surface area contributed by atoms with Crippen molar-refractivity contribution in [3.05, 3.63) is 23.0 Å². The van der Waals surface area contributed by atoms with Gasteiger partial charge in [-0.1, -0.05) is 32.4 Å². The van der Waals surface area contributed by atoms with Crippen LogP contribution in [-0.4, -0.2) is 13.1 Å². The van der Waals surface area contributed by atoms with Crippen LogP contribution in [0.15, 0.2) is 12.1 Å². The average Bonchev–Trinajstić information content (AvgIpc) is 2.41. The molecule has 18 heavy (non-hydrogen) atoms. The monoisotopic (exact) mass is 270 g/mol. The maximum Gasteiger partial charge on any atom is 0.143 e. The molecule has 1 atom stereocenters. The first-order valence-corrected chi connectivity index (χ1v) is 6.70. The SMILES string of the molecule is CC(C)(C)CC1CNc2cc(F)c(Cl)cc2NC1. The Kier molecular flexibility index (Phi) is 3.71. The minimum absolute atomic E-state index is 0.164. The van der Waals surface area contributed by atoms with Gasteiger partial charge in [0, 0.05) is 19.2 Å². The number of halogens is 2. The molecule has 0 radical (unpaired) electrons. The van der Waals surface area contributed by atoms with Crippen molar-refractivity contribution < 1.29 is 4.39 Å². The first-order chi connectivity index (χ1) is 8.35. The molecule has 0 aromatic heterocycles. The van der Waals surface area contributed by atoms with E-state index in [1.54, 1.807) is 6.07 Å². The fourth-order valence-electron chi connectivity index (χ4n) is 2.43. The van der Waals surface area contributed by atoms with Gasteiger partial charge in [0.15, 0.2) is 0 Å². The lowest BCUT2D eigenvalue weighted by Crippen LogP contribution is -2.24. The lowest BCUT2D eigenvalue weighted by atomic mass is 9.84. The molecule has 0 bridgehead atoms. The molecule has 0 fully saturated rings. The molecule has 1 aliphatic rings. The van der Waals surface area contributed by atoms with Crippen LogP contribution in [-0.2, 0) is 0 Å². The van der Waals surface area contributed by atoms with Gasteiger partial charge in [-0.15, -0.1) is 0 Å². The second kappa shape index (κ2) is 4.96. The highest BCUT2D eigenvalue weighted by Crippen LogP contribution is 2.33. The molecule has 0 saturated carbocycles. The number of nitrogens with one attached hydrogen (secondary N) is 2. The molecule has 0 amide bonds. The quantitative estimate of drug-likeness (QED) is 0.792. The number of anilines is 2. The first kappa shape index (κ1) is 13.5. The predicted octanol–water partition coefficient (Wildman–Crippen LogP) is 4.37. The van der Waals surface area contributed by atoms with Crippen molar-refractivity contribution >= 4 is 23.0 Å². The van der Waals surface area contributed by atoms with E-state index in [-0.39, 0.29) is 10.8 Å². The van der Waals surface area contributed by atoms with Gasteiger partial charge in [-0.3, -0.25) is 0 Å². The minimum atomic E-state index is -0.376. The van der Waals surface area contributed by atoms with Crippen LogP contribution in [0.2, 0.25) is 5.02 Å². The van der Waals surface area contributed by atoms with Crippen molar-refractivity contribution in [2.24, 2.45) is 11.3 Å². The maximum atomic E-state index is 13.4. The Bertz CT molecular complexity index is 407. The van der Waals surface area contributed by atoms with Crippen LogP contribution in [0.4, 0.5) is 15.8 Å².